The summed E-state index contributed by atoms with van der Waals surface area (Å²) in [7, 11) is 0. The molecule has 0 aliphatic rings. The third-order valence-electron chi connectivity index (χ3n) is 2.09. The van der Waals surface area contributed by atoms with Crippen molar-refractivity contribution in [3.05, 3.63) is 33.4 Å². The van der Waals surface area contributed by atoms with E-state index in [9.17, 15) is 10.1 Å². The average Bonchev–Trinajstić information content (AvgIpc) is 2.20. The summed E-state index contributed by atoms with van der Waals surface area (Å²) in [5.41, 5.74) is 1.59. The molecule has 0 aliphatic heterocycles. The van der Waals surface area contributed by atoms with Crippen LogP contribution in [0.5, 0.6) is 5.75 Å². The molecule has 0 amide bonds. The number of ether oxygens (including phenoxy) is 1. The number of nitro groups is 1. The zero-order chi connectivity index (χ0) is 12.1. The van der Waals surface area contributed by atoms with E-state index in [1.54, 1.807) is 6.92 Å². The van der Waals surface area contributed by atoms with Gasteiger partial charge in [0.25, 0.3) is 0 Å². The van der Waals surface area contributed by atoms with Crippen molar-refractivity contribution in [2.75, 3.05) is 6.61 Å². The minimum atomic E-state index is -0.439. The van der Waals surface area contributed by atoms with Crippen molar-refractivity contribution in [3.8, 4) is 18.1 Å². The van der Waals surface area contributed by atoms with Crippen LogP contribution in [0.4, 0.5) is 5.69 Å². The molecule has 4 nitrogen and oxygen atoms in total. The number of hydrogen-bond acceptors (Lipinski definition) is 3. The maximum absolute atomic E-state index is 10.8. The summed E-state index contributed by atoms with van der Waals surface area (Å²) in [6.07, 6.45) is 5.52. The van der Waals surface area contributed by atoms with Gasteiger partial charge in [-0.2, -0.15) is 0 Å². The summed E-state index contributed by atoms with van der Waals surface area (Å²) in [5.74, 6) is 2.73. The molecule has 1 aromatic rings. The summed E-state index contributed by atoms with van der Waals surface area (Å²) in [6.45, 7) is 3.89. The molecule has 0 aliphatic carbocycles. The van der Waals surface area contributed by atoms with Crippen LogP contribution in [0.2, 0.25) is 0 Å². The van der Waals surface area contributed by atoms with Gasteiger partial charge in [-0.3, -0.25) is 10.1 Å². The van der Waals surface area contributed by atoms with E-state index in [2.05, 4.69) is 5.92 Å². The van der Waals surface area contributed by atoms with Gasteiger partial charge in [-0.15, -0.1) is 12.3 Å². The number of terminal acetylenes is 1. The van der Waals surface area contributed by atoms with E-state index < -0.39 is 4.92 Å². The van der Waals surface area contributed by atoms with Crippen LogP contribution >= 0.6 is 0 Å². The lowest BCUT2D eigenvalue weighted by atomic mass is 10.1. The van der Waals surface area contributed by atoms with Crippen LogP contribution in [0.25, 0.3) is 0 Å². The lowest BCUT2D eigenvalue weighted by Gasteiger charge is -2.09. The highest BCUT2D eigenvalue weighted by Gasteiger charge is 2.18. The number of rotatable bonds is 4. The minimum absolute atomic E-state index is 0.00507. The second-order valence-electron chi connectivity index (χ2n) is 3.49. The van der Waals surface area contributed by atoms with Crippen molar-refractivity contribution < 1.29 is 9.66 Å². The summed E-state index contributed by atoms with van der Waals surface area (Å²) in [5, 5.41) is 10.8. The van der Waals surface area contributed by atoms with Crippen LogP contribution in [0.1, 0.15) is 17.5 Å². The van der Waals surface area contributed by atoms with Gasteiger partial charge in [0.05, 0.1) is 11.5 Å². The van der Waals surface area contributed by atoms with Gasteiger partial charge < -0.3 is 4.74 Å². The standard InChI is InChI=1S/C12H13NO3/c1-4-5-6-16-12-10(3)7-9(2)8-11(12)13(14)15/h1,7-8H,5-6H2,2-3H3. The lowest BCUT2D eigenvalue weighted by molar-refractivity contribution is -0.386. The number of benzene rings is 1. The molecule has 0 N–H and O–H groups in total. The SMILES string of the molecule is C#CCCOc1c(C)cc(C)cc1[N+](=O)[O-]. The highest BCUT2D eigenvalue weighted by atomic mass is 16.6. The fraction of sp³-hybridized carbons (Fsp3) is 0.333. The highest BCUT2D eigenvalue weighted by molar-refractivity contribution is 5.53. The van der Waals surface area contributed by atoms with E-state index in [0.29, 0.717) is 18.8 Å². The van der Waals surface area contributed by atoms with Crippen molar-refractivity contribution in [1.82, 2.24) is 0 Å². The van der Waals surface area contributed by atoms with Crippen LogP contribution < -0.4 is 4.74 Å². The molecule has 0 aromatic heterocycles. The molecule has 1 aromatic carbocycles. The van der Waals surface area contributed by atoms with E-state index in [0.717, 1.165) is 11.1 Å². The monoisotopic (exact) mass is 219 g/mol. The van der Waals surface area contributed by atoms with Crippen molar-refractivity contribution in [2.45, 2.75) is 20.3 Å². The van der Waals surface area contributed by atoms with Crippen LogP contribution in [0.15, 0.2) is 12.1 Å². The molecule has 0 spiro atoms. The molecule has 0 saturated carbocycles. The third-order valence-corrected chi connectivity index (χ3v) is 2.09. The molecule has 0 saturated heterocycles. The first kappa shape index (κ1) is 12.1. The molecule has 0 unspecified atom stereocenters. The van der Waals surface area contributed by atoms with E-state index in [1.165, 1.54) is 6.07 Å². The van der Waals surface area contributed by atoms with Gasteiger partial charge in [-0.1, -0.05) is 6.07 Å². The quantitative estimate of drug-likeness (QED) is 0.338. The summed E-state index contributed by atoms with van der Waals surface area (Å²) in [6, 6.07) is 3.34. The highest BCUT2D eigenvalue weighted by Crippen LogP contribution is 2.31. The Morgan fingerprint density at radius 3 is 2.75 bits per heavy atom. The van der Waals surface area contributed by atoms with Gasteiger partial charge in [0.15, 0.2) is 5.75 Å². The number of nitro benzene ring substituents is 1. The minimum Gasteiger partial charge on any atom is -0.486 e. The van der Waals surface area contributed by atoms with Gasteiger partial charge in [-0.25, -0.2) is 0 Å². The molecule has 16 heavy (non-hydrogen) atoms. The maximum atomic E-state index is 10.8. The van der Waals surface area contributed by atoms with E-state index in [4.69, 9.17) is 11.2 Å². The fourth-order valence-electron chi connectivity index (χ4n) is 1.47. The molecule has 1 rings (SSSR count). The first-order valence-corrected chi connectivity index (χ1v) is 4.88. The maximum Gasteiger partial charge on any atom is 0.311 e. The first-order chi connectivity index (χ1) is 7.56. The second kappa shape index (κ2) is 5.17. The summed E-state index contributed by atoms with van der Waals surface area (Å²) < 4.78 is 5.34. The predicted octanol–water partition coefficient (Wildman–Crippen LogP) is 2.61. The van der Waals surface area contributed by atoms with Gasteiger partial charge in [0, 0.05) is 12.5 Å². The van der Waals surface area contributed by atoms with Gasteiger partial charge in [0.2, 0.25) is 0 Å². The molecule has 0 bridgehead atoms. The summed E-state index contributed by atoms with van der Waals surface area (Å²) >= 11 is 0. The Morgan fingerprint density at radius 1 is 1.50 bits per heavy atom. The number of hydrogen-bond donors (Lipinski definition) is 0. The Morgan fingerprint density at radius 2 is 2.19 bits per heavy atom. The zero-order valence-electron chi connectivity index (χ0n) is 9.32. The molecular formula is C12H13NO3. The predicted molar refractivity (Wildman–Crippen MR) is 61.5 cm³/mol. The molecule has 0 radical (unpaired) electrons. The Kier molecular flexibility index (Phi) is 3.90. The van der Waals surface area contributed by atoms with Gasteiger partial charge in [-0.05, 0) is 25.0 Å². The molecule has 0 fully saturated rings. The first-order valence-electron chi connectivity index (χ1n) is 4.88. The molecule has 4 heteroatoms. The largest absolute Gasteiger partial charge is 0.486 e. The normalized spacial score (nSPS) is 9.56. The average molecular weight is 219 g/mol. The lowest BCUT2D eigenvalue weighted by Crippen LogP contribution is -2.02. The Bertz CT molecular complexity index is 446. The van der Waals surface area contributed by atoms with Crippen molar-refractivity contribution in [1.29, 1.82) is 0 Å². The smallest absolute Gasteiger partial charge is 0.311 e. The Balaban J connectivity index is 3.05. The van der Waals surface area contributed by atoms with Crippen molar-refractivity contribution in [3.63, 3.8) is 0 Å². The zero-order valence-corrected chi connectivity index (χ0v) is 9.32. The summed E-state index contributed by atoms with van der Waals surface area (Å²) in [4.78, 5) is 10.4. The fourth-order valence-corrected chi connectivity index (χ4v) is 1.47. The molecule has 84 valence electrons. The van der Waals surface area contributed by atoms with Crippen LogP contribution in [-0.2, 0) is 0 Å². The van der Waals surface area contributed by atoms with Crippen LogP contribution in [0.3, 0.4) is 0 Å². The number of nitrogens with zero attached hydrogens (tertiary/aromatic N) is 1. The van der Waals surface area contributed by atoms with Crippen molar-refractivity contribution in [2.24, 2.45) is 0 Å². The number of aryl methyl sites for hydroxylation is 2. The van der Waals surface area contributed by atoms with E-state index in [1.807, 2.05) is 13.0 Å². The Hall–Kier alpha value is -2.02. The Labute approximate surface area is 94.4 Å². The van der Waals surface area contributed by atoms with E-state index >= 15 is 0 Å². The molecule has 0 heterocycles. The topological polar surface area (TPSA) is 52.4 Å². The van der Waals surface area contributed by atoms with E-state index in [-0.39, 0.29) is 5.69 Å². The molecule has 0 atom stereocenters. The van der Waals surface area contributed by atoms with Gasteiger partial charge in [0.1, 0.15) is 0 Å². The molecular weight excluding hydrogens is 206 g/mol. The van der Waals surface area contributed by atoms with Crippen LogP contribution in [-0.4, -0.2) is 11.5 Å². The second-order valence-corrected chi connectivity index (χ2v) is 3.49. The van der Waals surface area contributed by atoms with Crippen LogP contribution in [0, 0.1) is 36.3 Å². The third kappa shape index (κ3) is 2.74. The van der Waals surface area contributed by atoms with Gasteiger partial charge >= 0.3 is 5.69 Å². The van der Waals surface area contributed by atoms with Crippen molar-refractivity contribution >= 4 is 5.69 Å².